The minimum absolute atomic E-state index is 1.29. The fourth-order valence-corrected chi connectivity index (χ4v) is 2.63. The summed E-state index contributed by atoms with van der Waals surface area (Å²) in [6.45, 7) is 10.9. The SMILES string of the molecule is CC1=C(C)C(C)=[N+]2[B]n3c(cc(C)c3C)C=C12. The second kappa shape index (κ2) is 3.25. The lowest BCUT2D eigenvalue weighted by molar-refractivity contribution is -0.314. The predicted octanol–water partition coefficient (Wildman–Crippen LogP) is 2.67. The summed E-state index contributed by atoms with van der Waals surface area (Å²) in [5, 5.41) is 0. The first-order valence-corrected chi connectivity index (χ1v) is 6.07. The maximum Gasteiger partial charge on any atom is 0.699 e. The zero-order chi connectivity index (χ0) is 12.3. The van der Waals surface area contributed by atoms with Crippen molar-refractivity contribution in [2.24, 2.45) is 0 Å². The van der Waals surface area contributed by atoms with Crippen molar-refractivity contribution in [3.05, 3.63) is 39.9 Å². The Bertz CT molecular complexity index is 627. The number of fused-ring (bicyclic) bond motifs is 2. The summed E-state index contributed by atoms with van der Waals surface area (Å²) in [6.07, 6.45) is 2.29. The largest absolute Gasteiger partial charge is 0.699 e. The zero-order valence-electron chi connectivity index (χ0n) is 11.1. The third-order valence-corrected chi connectivity index (χ3v) is 4.20. The number of rotatable bonds is 0. The lowest BCUT2D eigenvalue weighted by atomic mass is 10.0. The molecule has 0 saturated heterocycles. The highest BCUT2D eigenvalue weighted by Gasteiger charge is 2.36. The van der Waals surface area contributed by atoms with E-state index in [1.165, 1.54) is 39.5 Å². The molecule has 3 heterocycles. The lowest BCUT2D eigenvalue weighted by Crippen LogP contribution is -2.29. The molecule has 3 heteroatoms. The van der Waals surface area contributed by atoms with Gasteiger partial charge in [0.1, 0.15) is 0 Å². The van der Waals surface area contributed by atoms with Gasteiger partial charge in [-0.2, -0.15) is 0 Å². The van der Waals surface area contributed by atoms with Crippen molar-refractivity contribution in [3.63, 3.8) is 0 Å². The Hall–Kier alpha value is -1.51. The van der Waals surface area contributed by atoms with Crippen molar-refractivity contribution in [2.45, 2.75) is 34.6 Å². The van der Waals surface area contributed by atoms with Crippen LogP contribution in [0.2, 0.25) is 0 Å². The maximum absolute atomic E-state index is 2.30. The van der Waals surface area contributed by atoms with Crippen molar-refractivity contribution in [1.82, 2.24) is 4.48 Å². The van der Waals surface area contributed by atoms with E-state index in [0.29, 0.717) is 0 Å². The van der Waals surface area contributed by atoms with Crippen LogP contribution in [0.5, 0.6) is 0 Å². The molecule has 17 heavy (non-hydrogen) atoms. The van der Waals surface area contributed by atoms with E-state index >= 15 is 0 Å². The molecule has 0 amide bonds. The molecule has 0 N–H and O–H groups in total. The van der Waals surface area contributed by atoms with Gasteiger partial charge in [0.15, 0.2) is 11.4 Å². The average molecular weight is 224 g/mol. The summed E-state index contributed by atoms with van der Waals surface area (Å²) in [5.74, 6) is 0. The van der Waals surface area contributed by atoms with Crippen molar-refractivity contribution in [3.8, 4) is 0 Å². The molecular formula is C14H17BN2+. The second-order valence-electron chi connectivity index (χ2n) is 5.06. The van der Waals surface area contributed by atoms with Crippen LogP contribution < -0.4 is 0 Å². The number of nitrogens with zero attached hydrogens (tertiary/aromatic N) is 2. The average Bonchev–Trinajstić information content (AvgIpc) is 2.70. The Morgan fingerprint density at radius 2 is 1.76 bits per heavy atom. The van der Waals surface area contributed by atoms with E-state index in [0.717, 1.165) is 0 Å². The fourth-order valence-electron chi connectivity index (χ4n) is 2.63. The van der Waals surface area contributed by atoms with Gasteiger partial charge in [0.25, 0.3) is 0 Å². The summed E-state index contributed by atoms with van der Waals surface area (Å²) >= 11 is 0. The molecule has 0 fully saturated rings. The van der Waals surface area contributed by atoms with Crippen LogP contribution in [-0.4, -0.2) is 22.2 Å². The Morgan fingerprint density at radius 3 is 2.47 bits per heavy atom. The first-order valence-electron chi connectivity index (χ1n) is 6.07. The van der Waals surface area contributed by atoms with Crippen molar-refractivity contribution >= 4 is 19.3 Å². The zero-order valence-corrected chi connectivity index (χ0v) is 11.1. The minimum atomic E-state index is 1.29. The molecule has 0 saturated carbocycles. The molecule has 0 aromatic carbocycles. The highest BCUT2D eigenvalue weighted by molar-refractivity contribution is 6.29. The van der Waals surface area contributed by atoms with Gasteiger partial charge in [-0.1, -0.05) is 0 Å². The van der Waals surface area contributed by atoms with Crippen LogP contribution in [0.25, 0.3) is 6.08 Å². The van der Waals surface area contributed by atoms with Crippen LogP contribution in [0.3, 0.4) is 0 Å². The van der Waals surface area contributed by atoms with E-state index in [4.69, 9.17) is 0 Å². The lowest BCUT2D eigenvalue weighted by Gasteiger charge is -2.11. The number of allylic oxidation sites excluding steroid dienone is 2. The number of aromatic nitrogens is 1. The second-order valence-corrected chi connectivity index (χ2v) is 5.06. The summed E-state index contributed by atoms with van der Waals surface area (Å²) in [4.78, 5) is 0. The van der Waals surface area contributed by atoms with Crippen LogP contribution in [0.15, 0.2) is 22.9 Å². The van der Waals surface area contributed by atoms with E-state index < -0.39 is 0 Å². The van der Waals surface area contributed by atoms with Gasteiger partial charge in [-0.05, 0) is 39.3 Å². The molecule has 1 aromatic heterocycles. The van der Waals surface area contributed by atoms with Gasteiger partial charge >= 0.3 is 7.55 Å². The summed E-state index contributed by atoms with van der Waals surface area (Å²) in [7, 11) is 2.21. The van der Waals surface area contributed by atoms with Gasteiger partial charge in [-0.15, -0.1) is 0 Å². The molecule has 2 nitrogen and oxygen atoms in total. The van der Waals surface area contributed by atoms with Gasteiger partial charge in [-0.3, -0.25) is 4.49 Å². The molecule has 0 aliphatic carbocycles. The van der Waals surface area contributed by atoms with Crippen molar-refractivity contribution in [1.29, 1.82) is 0 Å². The molecule has 0 bridgehead atoms. The first-order chi connectivity index (χ1) is 8.00. The van der Waals surface area contributed by atoms with E-state index in [-0.39, 0.29) is 0 Å². The standard InChI is InChI=1S/C14H17BN2/c1-8-6-13-7-14-10(3)9(2)12(5)17(14)15-16(13)11(8)4/h6-7H,1-5H3/q+1. The Labute approximate surface area is 103 Å². The quantitative estimate of drug-likeness (QED) is 0.598. The molecule has 0 atom stereocenters. The monoisotopic (exact) mass is 224 g/mol. The highest BCUT2D eigenvalue weighted by atomic mass is 15.1. The molecule has 2 aliphatic heterocycles. The van der Waals surface area contributed by atoms with Crippen LogP contribution >= 0.6 is 0 Å². The Kier molecular flexibility index (Phi) is 2.03. The third kappa shape index (κ3) is 1.25. The molecule has 0 unspecified atom stereocenters. The van der Waals surface area contributed by atoms with Crippen LogP contribution in [0.4, 0.5) is 0 Å². The minimum Gasteiger partial charge on any atom is -0.323 e. The molecule has 1 aromatic rings. The number of aryl methyl sites for hydroxylation is 1. The Balaban J connectivity index is 2.25. The number of hydrogen-bond acceptors (Lipinski definition) is 0. The van der Waals surface area contributed by atoms with Crippen LogP contribution in [0.1, 0.15) is 37.7 Å². The topological polar surface area (TPSA) is 7.94 Å². The first kappa shape index (κ1) is 10.6. The van der Waals surface area contributed by atoms with Crippen LogP contribution in [-0.2, 0) is 0 Å². The third-order valence-electron chi connectivity index (χ3n) is 4.20. The van der Waals surface area contributed by atoms with Gasteiger partial charge in [0.2, 0.25) is 0 Å². The summed E-state index contributed by atoms with van der Waals surface area (Å²) in [5.41, 5.74) is 9.41. The van der Waals surface area contributed by atoms with E-state index in [1.54, 1.807) is 0 Å². The smallest absolute Gasteiger partial charge is 0.323 e. The molecule has 85 valence electrons. The van der Waals surface area contributed by atoms with Gasteiger partial charge in [0, 0.05) is 35.5 Å². The van der Waals surface area contributed by atoms with E-state index in [2.05, 4.69) is 63.3 Å². The predicted molar refractivity (Wildman–Crippen MR) is 72.4 cm³/mol. The van der Waals surface area contributed by atoms with Gasteiger partial charge in [0.05, 0.1) is 0 Å². The summed E-state index contributed by atoms with van der Waals surface area (Å²) in [6, 6.07) is 2.26. The Morgan fingerprint density at radius 1 is 1.06 bits per heavy atom. The van der Waals surface area contributed by atoms with Crippen LogP contribution in [0, 0.1) is 13.8 Å². The van der Waals surface area contributed by atoms with E-state index in [9.17, 15) is 0 Å². The molecule has 3 rings (SSSR count). The van der Waals surface area contributed by atoms with Crippen molar-refractivity contribution < 1.29 is 4.49 Å². The van der Waals surface area contributed by atoms with Gasteiger partial charge < -0.3 is 4.48 Å². The number of hydrogen-bond donors (Lipinski definition) is 0. The molecule has 2 aliphatic rings. The van der Waals surface area contributed by atoms with E-state index in [1.807, 2.05) is 0 Å². The summed E-state index contributed by atoms with van der Waals surface area (Å²) < 4.78 is 4.57. The molecular weight excluding hydrogens is 207 g/mol. The molecule has 1 radical (unpaired) electrons. The maximum atomic E-state index is 2.30. The van der Waals surface area contributed by atoms with Gasteiger partial charge in [-0.25, -0.2) is 0 Å². The normalized spacial score (nSPS) is 18.1. The molecule has 0 spiro atoms. The fraction of sp³-hybridized carbons (Fsp3) is 0.357. The highest BCUT2D eigenvalue weighted by Crippen LogP contribution is 2.30. The van der Waals surface area contributed by atoms with Crippen molar-refractivity contribution in [2.75, 3.05) is 0 Å².